The predicted molar refractivity (Wildman–Crippen MR) is 108 cm³/mol. The molecule has 0 aromatic heterocycles. The Morgan fingerprint density at radius 3 is 2.43 bits per heavy atom. The zero-order chi connectivity index (χ0) is 19.5. The van der Waals surface area contributed by atoms with Crippen LogP contribution in [0.1, 0.15) is 23.2 Å². The van der Waals surface area contributed by atoms with Gasteiger partial charge in [-0.05, 0) is 55.2 Å². The first-order chi connectivity index (χ1) is 13.6. The fourth-order valence-corrected chi connectivity index (χ4v) is 4.13. The Kier molecular flexibility index (Phi) is 5.19. The van der Waals surface area contributed by atoms with Crippen LogP contribution in [0.2, 0.25) is 0 Å². The van der Waals surface area contributed by atoms with Crippen molar-refractivity contribution >= 4 is 17.6 Å². The van der Waals surface area contributed by atoms with E-state index < -0.39 is 0 Å². The number of ether oxygens (including phenoxy) is 1. The number of hydrogen-bond donors (Lipinski definition) is 1. The molecule has 3 aliphatic rings. The lowest BCUT2D eigenvalue weighted by molar-refractivity contribution is 0.0743. The summed E-state index contributed by atoms with van der Waals surface area (Å²) in [7, 11) is 1.62. The van der Waals surface area contributed by atoms with Gasteiger partial charge < -0.3 is 19.9 Å². The van der Waals surface area contributed by atoms with Crippen LogP contribution in [0.4, 0.5) is 10.5 Å². The molecule has 3 amide bonds. The van der Waals surface area contributed by atoms with E-state index >= 15 is 0 Å². The third kappa shape index (κ3) is 3.81. The van der Waals surface area contributed by atoms with Gasteiger partial charge >= 0.3 is 6.03 Å². The highest BCUT2D eigenvalue weighted by molar-refractivity contribution is 5.94. The second kappa shape index (κ2) is 7.92. The van der Waals surface area contributed by atoms with Crippen molar-refractivity contribution in [1.29, 1.82) is 0 Å². The fourth-order valence-electron chi connectivity index (χ4n) is 4.13. The normalized spacial score (nSPS) is 21.2. The number of nitrogens with zero attached hydrogens (tertiary/aromatic N) is 2. The maximum atomic E-state index is 12.9. The van der Waals surface area contributed by atoms with Crippen molar-refractivity contribution in [3.05, 3.63) is 60.2 Å². The van der Waals surface area contributed by atoms with Crippen molar-refractivity contribution < 1.29 is 14.3 Å². The van der Waals surface area contributed by atoms with E-state index in [9.17, 15) is 9.59 Å². The number of rotatable bonds is 3. The number of nitrogens with one attached hydrogen (secondary N) is 1. The Hall–Kier alpha value is -3.02. The number of amides is 3. The summed E-state index contributed by atoms with van der Waals surface area (Å²) < 4.78 is 5.16. The highest BCUT2D eigenvalue weighted by Gasteiger charge is 2.38. The van der Waals surface area contributed by atoms with E-state index in [4.69, 9.17) is 4.74 Å². The number of benzene rings is 2. The zero-order valence-corrected chi connectivity index (χ0v) is 16.0. The molecule has 2 atom stereocenters. The van der Waals surface area contributed by atoms with Gasteiger partial charge in [-0.25, -0.2) is 4.79 Å². The molecule has 1 N–H and O–H groups in total. The van der Waals surface area contributed by atoms with Crippen LogP contribution in [0.25, 0.3) is 0 Å². The average Bonchev–Trinajstić information content (AvgIpc) is 3.06. The molecule has 0 radical (unpaired) electrons. The number of urea groups is 1. The van der Waals surface area contributed by atoms with Crippen LogP contribution >= 0.6 is 0 Å². The van der Waals surface area contributed by atoms with Crippen molar-refractivity contribution in [2.75, 3.05) is 32.1 Å². The Balaban J connectivity index is 1.45. The lowest BCUT2D eigenvalue weighted by Gasteiger charge is -2.36. The van der Waals surface area contributed by atoms with Gasteiger partial charge in [0.25, 0.3) is 5.91 Å². The minimum Gasteiger partial charge on any atom is -0.497 e. The molecule has 3 fully saturated rings. The predicted octanol–water partition coefficient (Wildman–Crippen LogP) is 3.46. The number of methoxy groups -OCH3 is 1. The van der Waals surface area contributed by atoms with E-state index in [1.54, 1.807) is 7.11 Å². The topological polar surface area (TPSA) is 61.9 Å². The molecular formula is C22H25N3O3. The first-order valence-corrected chi connectivity index (χ1v) is 9.70. The van der Waals surface area contributed by atoms with Gasteiger partial charge in [0.05, 0.1) is 13.2 Å². The van der Waals surface area contributed by atoms with Crippen LogP contribution in [0.3, 0.4) is 0 Å². The maximum Gasteiger partial charge on any atom is 0.322 e. The molecule has 6 nitrogen and oxygen atoms in total. The van der Waals surface area contributed by atoms with Crippen LogP contribution in [0.5, 0.6) is 5.75 Å². The molecule has 5 rings (SSSR count). The monoisotopic (exact) mass is 379 g/mol. The smallest absolute Gasteiger partial charge is 0.322 e. The van der Waals surface area contributed by atoms with E-state index in [2.05, 4.69) is 5.32 Å². The van der Waals surface area contributed by atoms with Crippen LogP contribution in [-0.2, 0) is 0 Å². The first kappa shape index (κ1) is 18.3. The van der Waals surface area contributed by atoms with Gasteiger partial charge in [-0.2, -0.15) is 0 Å². The minimum absolute atomic E-state index is 0.0460. The molecule has 6 heteroatoms. The third-order valence-electron chi connectivity index (χ3n) is 5.62. The largest absolute Gasteiger partial charge is 0.497 e. The Morgan fingerprint density at radius 1 is 0.964 bits per heavy atom. The van der Waals surface area contributed by atoms with E-state index in [1.165, 1.54) is 0 Å². The Labute approximate surface area is 165 Å². The van der Waals surface area contributed by atoms with Gasteiger partial charge in [-0.3, -0.25) is 4.79 Å². The molecule has 2 bridgehead atoms. The highest BCUT2D eigenvalue weighted by atomic mass is 16.5. The van der Waals surface area contributed by atoms with E-state index in [1.807, 2.05) is 64.4 Å². The quantitative estimate of drug-likeness (QED) is 0.888. The molecule has 28 heavy (non-hydrogen) atoms. The molecule has 0 unspecified atom stereocenters. The number of carbonyl (C=O) groups excluding carboxylic acids is 2. The summed E-state index contributed by atoms with van der Waals surface area (Å²) in [4.78, 5) is 29.6. The Bertz CT molecular complexity index is 838. The summed E-state index contributed by atoms with van der Waals surface area (Å²) in [5, 5.41) is 2.98. The number of anilines is 1. The number of fused-ring (bicyclic) bond motifs is 4. The molecule has 3 saturated heterocycles. The van der Waals surface area contributed by atoms with E-state index in [0.29, 0.717) is 31.1 Å². The summed E-state index contributed by atoms with van der Waals surface area (Å²) in [6.07, 6.45) is 1.98. The lowest BCUT2D eigenvalue weighted by atomic mass is 9.95. The first-order valence-electron chi connectivity index (χ1n) is 9.70. The van der Waals surface area contributed by atoms with Gasteiger partial charge in [0, 0.05) is 30.9 Å². The average molecular weight is 379 g/mol. The van der Waals surface area contributed by atoms with Gasteiger partial charge in [0.2, 0.25) is 0 Å². The molecule has 3 aliphatic heterocycles. The standard InChI is InChI=1S/C22H25N3O3/c1-28-20-11-8-18(9-12-20)23-22(27)25-14-16-7-10-19(25)15-24(13-16)21(26)17-5-3-2-4-6-17/h2-6,8-9,11-12,16,19H,7,10,13-15H2,1H3,(H,23,27)/t16-,19+/m0/s1. The minimum atomic E-state index is -0.103. The molecule has 0 aliphatic carbocycles. The Morgan fingerprint density at radius 2 is 1.71 bits per heavy atom. The van der Waals surface area contributed by atoms with Gasteiger partial charge in [0.15, 0.2) is 0 Å². The second-order valence-corrected chi connectivity index (χ2v) is 7.48. The highest BCUT2D eigenvalue weighted by Crippen LogP contribution is 2.29. The van der Waals surface area contributed by atoms with Crippen LogP contribution in [-0.4, -0.2) is 54.5 Å². The molecule has 0 saturated carbocycles. The summed E-state index contributed by atoms with van der Waals surface area (Å²) >= 11 is 0. The number of carbonyl (C=O) groups is 2. The lowest BCUT2D eigenvalue weighted by Crippen LogP contribution is -2.49. The van der Waals surface area contributed by atoms with Gasteiger partial charge in [0.1, 0.15) is 5.75 Å². The van der Waals surface area contributed by atoms with Crippen molar-refractivity contribution in [2.24, 2.45) is 5.92 Å². The molecule has 0 spiro atoms. The fraction of sp³-hybridized carbons (Fsp3) is 0.364. The van der Waals surface area contributed by atoms with Crippen LogP contribution in [0, 0.1) is 5.92 Å². The number of piperidine rings is 1. The summed E-state index contributed by atoms with van der Waals surface area (Å²) in [6.45, 7) is 1.97. The summed E-state index contributed by atoms with van der Waals surface area (Å²) in [5.41, 5.74) is 1.45. The second-order valence-electron chi connectivity index (χ2n) is 7.48. The van der Waals surface area contributed by atoms with Crippen LogP contribution in [0.15, 0.2) is 54.6 Å². The van der Waals surface area contributed by atoms with E-state index in [-0.39, 0.29) is 18.0 Å². The summed E-state index contributed by atoms with van der Waals surface area (Å²) in [5.74, 6) is 1.12. The number of hydrogen-bond acceptors (Lipinski definition) is 3. The molecule has 3 heterocycles. The van der Waals surface area contributed by atoms with Crippen LogP contribution < -0.4 is 10.1 Å². The van der Waals surface area contributed by atoms with Crippen molar-refractivity contribution in [3.63, 3.8) is 0 Å². The molecule has 146 valence electrons. The van der Waals surface area contributed by atoms with E-state index in [0.717, 1.165) is 24.3 Å². The van der Waals surface area contributed by atoms with Gasteiger partial charge in [-0.1, -0.05) is 18.2 Å². The zero-order valence-electron chi connectivity index (χ0n) is 16.0. The molecule has 2 aromatic carbocycles. The molecular weight excluding hydrogens is 354 g/mol. The van der Waals surface area contributed by atoms with Gasteiger partial charge in [-0.15, -0.1) is 0 Å². The van der Waals surface area contributed by atoms with Crippen molar-refractivity contribution in [2.45, 2.75) is 18.9 Å². The molecule has 2 aromatic rings. The SMILES string of the molecule is COc1ccc(NC(=O)N2C[C@H]3CC[C@@H]2CN(C(=O)c2ccccc2)C3)cc1. The maximum absolute atomic E-state index is 12.9. The summed E-state index contributed by atoms with van der Waals surface area (Å²) in [6, 6.07) is 16.6. The third-order valence-corrected chi connectivity index (χ3v) is 5.62. The van der Waals surface area contributed by atoms with Crippen molar-refractivity contribution in [3.8, 4) is 5.75 Å². The van der Waals surface area contributed by atoms with Crippen molar-refractivity contribution in [1.82, 2.24) is 9.80 Å².